The zero-order valence-corrected chi connectivity index (χ0v) is 16.9. The first kappa shape index (κ1) is 20.3. The lowest BCUT2D eigenvalue weighted by Gasteiger charge is -2.27. The average Bonchev–Trinajstić information content (AvgIpc) is 2.73. The van der Waals surface area contributed by atoms with Crippen LogP contribution in [0.15, 0.2) is 53.4 Å². The molecule has 1 N–H and O–H groups in total. The summed E-state index contributed by atoms with van der Waals surface area (Å²) in [6, 6.07) is 14.0. The number of hydrogen-bond acceptors (Lipinski definition) is 5. The van der Waals surface area contributed by atoms with Crippen molar-refractivity contribution in [1.82, 2.24) is 9.62 Å². The molecule has 1 amide bonds. The number of sulfonamides is 1. The first-order chi connectivity index (χ1) is 13.4. The molecule has 0 saturated carbocycles. The average molecular weight is 404 g/mol. The van der Waals surface area contributed by atoms with E-state index in [0.717, 1.165) is 5.69 Å². The Hall–Kier alpha value is -2.42. The zero-order chi connectivity index (χ0) is 20.1. The van der Waals surface area contributed by atoms with Crippen molar-refractivity contribution < 1.29 is 17.9 Å². The molecule has 1 heterocycles. The molecular weight excluding hydrogens is 378 g/mol. The molecule has 1 saturated heterocycles. The second kappa shape index (κ2) is 8.72. The number of amides is 1. The summed E-state index contributed by atoms with van der Waals surface area (Å²) in [5.74, 6) is -0.246. The van der Waals surface area contributed by atoms with Crippen LogP contribution in [-0.2, 0) is 21.3 Å². The molecule has 0 aromatic heterocycles. The van der Waals surface area contributed by atoms with Crippen LogP contribution in [0.2, 0.25) is 0 Å². The van der Waals surface area contributed by atoms with Crippen molar-refractivity contribution in [2.45, 2.75) is 11.4 Å². The van der Waals surface area contributed by atoms with Crippen LogP contribution < -0.4 is 10.2 Å². The summed E-state index contributed by atoms with van der Waals surface area (Å²) in [7, 11) is 0.239. The fourth-order valence-corrected chi connectivity index (χ4v) is 4.65. The molecule has 1 fully saturated rings. The van der Waals surface area contributed by atoms with E-state index in [0.29, 0.717) is 37.4 Å². The van der Waals surface area contributed by atoms with Gasteiger partial charge in [0.2, 0.25) is 10.0 Å². The van der Waals surface area contributed by atoms with E-state index < -0.39 is 10.0 Å². The van der Waals surface area contributed by atoms with Crippen LogP contribution in [-0.4, -0.2) is 59.0 Å². The van der Waals surface area contributed by atoms with E-state index in [-0.39, 0.29) is 17.3 Å². The van der Waals surface area contributed by atoms with Gasteiger partial charge < -0.3 is 15.0 Å². The quantitative estimate of drug-likeness (QED) is 0.794. The van der Waals surface area contributed by atoms with E-state index >= 15 is 0 Å². The Balaban J connectivity index is 1.73. The highest BCUT2D eigenvalue weighted by molar-refractivity contribution is 7.89. The Morgan fingerprint density at radius 3 is 2.36 bits per heavy atom. The van der Waals surface area contributed by atoms with E-state index in [9.17, 15) is 13.2 Å². The van der Waals surface area contributed by atoms with Gasteiger partial charge in [-0.2, -0.15) is 4.31 Å². The Labute approximate surface area is 166 Å². The third kappa shape index (κ3) is 4.52. The second-order valence-corrected chi connectivity index (χ2v) is 8.65. The summed E-state index contributed by atoms with van der Waals surface area (Å²) < 4.78 is 32.6. The number of anilines is 1. The van der Waals surface area contributed by atoms with Crippen LogP contribution in [0.5, 0.6) is 0 Å². The lowest BCUT2D eigenvalue weighted by atomic mass is 10.1. The summed E-state index contributed by atoms with van der Waals surface area (Å²) in [6.07, 6.45) is 0. The number of ether oxygens (including phenoxy) is 1. The minimum absolute atomic E-state index is 0.133. The Kier molecular flexibility index (Phi) is 6.33. The van der Waals surface area contributed by atoms with Crippen molar-refractivity contribution in [2.24, 2.45) is 0 Å². The van der Waals surface area contributed by atoms with Gasteiger partial charge in [-0.3, -0.25) is 4.79 Å². The summed E-state index contributed by atoms with van der Waals surface area (Å²) in [4.78, 5) is 14.6. The molecule has 0 unspecified atom stereocenters. The van der Waals surface area contributed by atoms with Gasteiger partial charge in [-0.1, -0.05) is 18.2 Å². The molecular formula is C20H25N3O4S. The van der Waals surface area contributed by atoms with Crippen LogP contribution in [0.1, 0.15) is 15.9 Å². The molecule has 0 bridgehead atoms. The Bertz CT molecular complexity index is 921. The normalized spacial score (nSPS) is 15.2. The number of carbonyl (C=O) groups excluding carboxylic acids is 1. The predicted molar refractivity (Wildman–Crippen MR) is 108 cm³/mol. The van der Waals surface area contributed by atoms with E-state index in [1.807, 2.05) is 31.1 Å². The van der Waals surface area contributed by atoms with Crippen LogP contribution in [0.4, 0.5) is 5.69 Å². The largest absolute Gasteiger partial charge is 0.379 e. The number of rotatable bonds is 6. The van der Waals surface area contributed by atoms with Crippen molar-refractivity contribution in [1.29, 1.82) is 0 Å². The molecule has 150 valence electrons. The van der Waals surface area contributed by atoms with Crippen molar-refractivity contribution >= 4 is 21.6 Å². The monoisotopic (exact) mass is 403 g/mol. The summed E-state index contributed by atoms with van der Waals surface area (Å²) >= 11 is 0. The molecule has 0 radical (unpaired) electrons. The fraction of sp³-hybridized carbons (Fsp3) is 0.350. The SMILES string of the molecule is CN(C)c1ccc(C(=O)NCc2ccccc2S(=O)(=O)N2CCOCC2)cc1. The maximum Gasteiger partial charge on any atom is 0.251 e. The summed E-state index contributed by atoms with van der Waals surface area (Å²) in [5.41, 5.74) is 2.09. The number of hydrogen-bond donors (Lipinski definition) is 1. The maximum atomic E-state index is 13.0. The number of morpholine rings is 1. The van der Waals surface area contributed by atoms with Gasteiger partial charge in [0, 0.05) is 45.0 Å². The number of benzene rings is 2. The molecule has 2 aromatic rings. The minimum Gasteiger partial charge on any atom is -0.379 e. The molecule has 0 atom stereocenters. The fourth-order valence-electron chi connectivity index (χ4n) is 3.02. The second-order valence-electron chi connectivity index (χ2n) is 6.75. The standard InChI is InChI=1S/C20H25N3O4S/c1-22(2)18-9-7-16(8-10-18)20(24)21-15-17-5-3-4-6-19(17)28(25,26)23-11-13-27-14-12-23/h3-10H,11-15H2,1-2H3,(H,21,24). The van der Waals surface area contributed by atoms with E-state index in [1.54, 1.807) is 36.4 Å². The van der Waals surface area contributed by atoms with Gasteiger partial charge >= 0.3 is 0 Å². The number of carbonyl (C=O) groups is 1. The molecule has 28 heavy (non-hydrogen) atoms. The van der Waals surface area contributed by atoms with Gasteiger partial charge in [0.05, 0.1) is 18.1 Å². The Morgan fingerprint density at radius 2 is 1.71 bits per heavy atom. The Morgan fingerprint density at radius 1 is 1.07 bits per heavy atom. The lowest BCUT2D eigenvalue weighted by Crippen LogP contribution is -2.41. The van der Waals surface area contributed by atoms with E-state index in [1.165, 1.54) is 4.31 Å². The highest BCUT2D eigenvalue weighted by atomic mass is 32.2. The maximum absolute atomic E-state index is 13.0. The summed E-state index contributed by atoms with van der Waals surface area (Å²) in [5, 5.41) is 2.82. The lowest BCUT2D eigenvalue weighted by molar-refractivity contribution is 0.0730. The van der Waals surface area contributed by atoms with Gasteiger partial charge in [0.25, 0.3) is 5.91 Å². The highest BCUT2D eigenvalue weighted by Crippen LogP contribution is 2.21. The van der Waals surface area contributed by atoms with Crippen LogP contribution in [0.3, 0.4) is 0 Å². The topological polar surface area (TPSA) is 79.0 Å². The van der Waals surface area contributed by atoms with Gasteiger partial charge in [-0.25, -0.2) is 8.42 Å². The smallest absolute Gasteiger partial charge is 0.251 e. The van der Waals surface area contributed by atoms with Gasteiger partial charge in [-0.05, 0) is 35.9 Å². The van der Waals surface area contributed by atoms with E-state index in [4.69, 9.17) is 4.74 Å². The first-order valence-corrected chi connectivity index (χ1v) is 10.5. The van der Waals surface area contributed by atoms with Crippen molar-refractivity contribution in [3.63, 3.8) is 0 Å². The molecule has 8 heteroatoms. The van der Waals surface area contributed by atoms with E-state index in [2.05, 4.69) is 5.32 Å². The molecule has 2 aromatic carbocycles. The predicted octanol–water partition coefficient (Wildman–Crippen LogP) is 1.70. The third-order valence-electron chi connectivity index (χ3n) is 4.65. The molecule has 0 spiro atoms. The molecule has 1 aliphatic heterocycles. The number of nitrogens with zero attached hydrogens (tertiary/aromatic N) is 2. The van der Waals surface area contributed by atoms with Gasteiger partial charge in [0.1, 0.15) is 0 Å². The number of nitrogens with one attached hydrogen (secondary N) is 1. The highest BCUT2D eigenvalue weighted by Gasteiger charge is 2.28. The van der Waals surface area contributed by atoms with Gasteiger partial charge in [0.15, 0.2) is 0 Å². The molecule has 1 aliphatic rings. The van der Waals surface area contributed by atoms with Crippen LogP contribution in [0.25, 0.3) is 0 Å². The molecule has 0 aliphatic carbocycles. The zero-order valence-electron chi connectivity index (χ0n) is 16.1. The van der Waals surface area contributed by atoms with Crippen molar-refractivity contribution in [2.75, 3.05) is 45.3 Å². The van der Waals surface area contributed by atoms with Crippen molar-refractivity contribution in [3.8, 4) is 0 Å². The molecule has 7 nitrogen and oxygen atoms in total. The van der Waals surface area contributed by atoms with Crippen LogP contribution >= 0.6 is 0 Å². The minimum atomic E-state index is -3.62. The van der Waals surface area contributed by atoms with Crippen LogP contribution in [0, 0.1) is 0 Å². The van der Waals surface area contributed by atoms with Gasteiger partial charge in [-0.15, -0.1) is 0 Å². The van der Waals surface area contributed by atoms with Crippen molar-refractivity contribution in [3.05, 3.63) is 59.7 Å². The molecule has 3 rings (SSSR count). The first-order valence-electron chi connectivity index (χ1n) is 9.11. The third-order valence-corrected chi connectivity index (χ3v) is 6.64. The summed E-state index contributed by atoms with van der Waals surface area (Å²) in [6.45, 7) is 1.58.